The number of carbonyl (C=O) groups excluding carboxylic acids is 1. The van der Waals surface area contributed by atoms with Crippen LogP contribution >= 0.6 is 0 Å². The third kappa shape index (κ3) is 16.8. The number of hydrogen-bond donors (Lipinski definition) is 1. The van der Waals surface area contributed by atoms with Gasteiger partial charge in [-0.3, -0.25) is 0 Å². The molecule has 0 fully saturated rings. The number of alkyl carbamates (subject to hydrolysis) is 1. The van der Waals surface area contributed by atoms with Gasteiger partial charge in [-0.25, -0.2) is 4.79 Å². The Balaban J connectivity index is 0.994. The average Bonchev–Trinajstić information content (AvgIpc) is 3.42. The Kier molecular flexibility index (Phi) is 21.7. The van der Waals surface area contributed by atoms with Gasteiger partial charge >= 0.3 is 6.09 Å². The van der Waals surface area contributed by atoms with Crippen LogP contribution in [-0.4, -0.2) is 138 Å². The smallest absolute Gasteiger partial charge is 0.407 e. The predicted octanol–water partition coefficient (Wildman–Crippen LogP) is 3.69. The summed E-state index contributed by atoms with van der Waals surface area (Å²) in [4.78, 5) is 12.2. The molecule has 3 rings (SSSR count). The number of ether oxygens (including phenoxy) is 10. The number of rotatable bonds is 30. The van der Waals surface area contributed by atoms with Crippen LogP contribution in [0.5, 0.6) is 0 Å². The minimum absolute atomic E-state index is 0.0411. The molecule has 0 aromatic heterocycles. The number of carbonyl (C=O) groups is 1. The second-order valence-corrected chi connectivity index (χ2v) is 10.3. The lowest BCUT2D eigenvalue weighted by Crippen LogP contribution is -2.29. The van der Waals surface area contributed by atoms with Crippen LogP contribution in [0.4, 0.5) is 4.79 Å². The van der Waals surface area contributed by atoms with Gasteiger partial charge in [-0.15, -0.1) is 0 Å². The Morgan fingerprint density at radius 2 is 0.851 bits per heavy atom. The zero-order chi connectivity index (χ0) is 33.0. The lowest BCUT2D eigenvalue weighted by molar-refractivity contribution is -0.0247. The van der Waals surface area contributed by atoms with Crippen molar-refractivity contribution in [3.63, 3.8) is 0 Å². The van der Waals surface area contributed by atoms with Crippen molar-refractivity contribution in [2.24, 2.45) is 0 Å². The molecule has 0 heterocycles. The molecule has 0 spiro atoms. The maximum atomic E-state index is 12.2. The van der Waals surface area contributed by atoms with Gasteiger partial charge in [-0.05, 0) is 29.2 Å². The molecule has 1 amide bonds. The second-order valence-electron chi connectivity index (χ2n) is 10.3. The van der Waals surface area contributed by atoms with E-state index in [-0.39, 0.29) is 5.92 Å². The van der Waals surface area contributed by atoms with Crippen molar-refractivity contribution in [3.8, 4) is 11.1 Å². The third-order valence-corrected chi connectivity index (χ3v) is 7.04. The average molecular weight is 664 g/mol. The van der Waals surface area contributed by atoms with Crippen LogP contribution in [0.25, 0.3) is 11.1 Å². The normalized spacial score (nSPS) is 12.3. The fraction of sp³-hybridized carbons (Fsp3) is 0.629. The maximum Gasteiger partial charge on any atom is 0.407 e. The van der Waals surface area contributed by atoms with E-state index in [9.17, 15) is 4.79 Å². The van der Waals surface area contributed by atoms with Crippen LogP contribution in [0.2, 0.25) is 0 Å². The summed E-state index contributed by atoms with van der Waals surface area (Å²) in [5.41, 5.74) is 4.78. The molecule has 0 aliphatic heterocycles. The predicted molar refractivity (Wildman–Crippen MR) is 176 cm³/mol. The van der Waals surface area contributed by atoms with Crippen molar-refractivity contribution in [1.29, 1.82) is 0 Å². The molecule has 0 saturated carbocycles. The van der Waals surface area contributed by atoms with E-state index >= 15 is 0 Å². The first-order valence-electron chi connectivity index (χ1n) is 16.6. The highest BCUT2D eigenvalue weighted by atomic mass is 16.6. The van der Waals surface area contributed by atoms with Crippen LogP contribution in [0.15, 0.2) is 48.5 Å². The minimum Gasteiger partial charge on any atom is -0.449 e. The lowest BCUT2D eigenvalue weighted by atomic mass is 9.98. The number of fused-ring (bicyclic) bond motifs is 3. The van der Waals surface area contributed by atoms with Gasteiger partial charge in [0.25, 0.3) is 0 Å². The fourth-order valence-corrected chi connectivity index (χ4v) is 4.78. The van der Waals surface area contributed by atoms with E-state index in [4.69, 9.17) is 47.4 Å². The zero-order valence-electron chi connectivity index (χ0n) is 27.8. The SMILES string of the molecule is CCOCCOCCOCCOCCOCCOCCOCCOCCOCCNC(=O)OCC1c2ccccc2-c2ccccc21. The molecule has 1 aliphatic carbocycles. The molecule has 0 unspecified atom stereocenters. The van der Waals surface area contributed by atoms with E-state index in [2.05, 4.69) is 29.6 Å². The van der Waals surface area contributed by atoms with Crippen molar-refractivity contribution < 1.29 is 52.2 Å². The Bertz CT molecular complexity index is 1030. The zero-order valence-corrected chi connectivity index (χ0v) is 27.8. The van der Waals surface area contributed by atoms with Crippen LogP contribution in [0.1, 0.15) is 24.0 Å². The summed E-state index contributed by atoms with van der Waals surface area (Å²) < 4.78 is 54.4. The Morgan fingerprint density at radius 1 is 0.511 bits per heavy atom. The van der Waals surface area contributed by atoms with Gasteiger partial charge < -0.3 is 52.7 Å². The van der Waals surface area contributed by atoms with E-state index in [0.717, 1.165) is 0 Å². The second kappa shape index (κ2) is 26.3. The molecule has 264 valence electrons. The molecule has 47 heavy (non-hydrogen) atoms. The summed E-state index contributed by atoms with van der Waals surface area (Å²) >= 11 is 0. The maximum absolute atomic E-state index is 12.2. The van der Waals surface area contributed by atoms with Crippen LogP contribution in [0.3, 0.4) is 0 Å². The summed E-state index contributed by atoms with van der Waals surface area (Å²) in [6, 6.07) is 16.5. The van der Waals surface area contributed by atoms with Gasteiger partial charge in [-0.1, -0.05) is 48.5 Å². The number of nitrogens with one attached hydrogen (secondary N) is 1. The largest absolute Gasteiger partial charge is 0.449 e. The summed E-state index contributed by atoms with van der Waals surface area (Å²) in [5, 5.41) is 2.74. The van der Waals surface area contributed by atoms with Gasteiger partial charge in [0.15, 0.2) is 0 Å². The first-order valence-corrected chi connectivity index (χ1v) is 16.6. The molecule has 12 nitrogen and oxygen atoms in total. The fourth-order valence-electron chi connectivity index (χ4n) is 4.78. The molecule has 1 N–H and O–H groups in total. The van der Waals surface area contributed by atoms with Gasteiger partial charge in [0.05, 0.1) is 112 Å². The number of amides is 1. The van der Waals surface area contributed by atoms with Crippen molar-refractivity contribution in [3.05, 3.63) is 59.7 Å². The molecule has 0 atom stereocenters. The highest BCUT2D eigenvalue weighted by molar-refractivity contribution is 5.79. The van der Waals surface area contributed by atoms with Crippen molar-refractivity contribution in [2.75, 3.05) is 132 Å². The quantitative estimate of drug-likeness (QED) is 0.123. The summed E-state index contributed by atoms with van der Waals surface area (Å²) in [7, 11) is 0. The standard InChI is InChI=1S/C35H53NO11/c1-2-38-13-14-40-17-18-42-21-22-44-25-26-46-28-27-45-24-23-43-20-19-41-16-15-39-12-11-36-35(37)47-29-34-32-9-5-3-7-30(32)31-8-4-6-10-33(31)34/h3-10,34H,2,11-29H2,1H3,(H,36,37). The van der Waals surface area contributed by atoms with E-state index in [1.54, 1.807) is 0 Å². The van der Waals surface area contributed by atoms with Gasteiger partial charge in [0.2, 0.25) is 0 Å². The van der Waals surface area contributed by atoms with E-state index in [1.807, 2.05) is 31.2 Å². The van der Waals surface area contributed by atoms with Gasteiger partial charge in [-0.2, -0.15) is 0 Å². The first kappa shape index (κ1) is 38.8. The molecule has 0 saturated heterocycles. The van der Waals surface area contributed by atoms with E-state index < -0.39 is 6.09 Å². The first-order chi connectivity index (χ1) is 23.3. The van der Waals surface area contributed by atoms with Gasteiger partial charge in [0.1, 0.15) is 6.61 Å². The van der Waals surface area contributed by atoms with Gasteiger partial charge in [0, 0.05) is 19.1 Å². The molecule has 2 aromatic carbocycles. The molecule has 0 radical (unpaired) electrons. The summed E-state index contributed by atoms with van der Waals surface area (Å²) in [5.74, 6) is 0.0411. The van der Waals surface area contributed by atoms with Crippen molar-refractivity contribution in [2.45, 2.75) is 12.8 Å². The van der Waals surface area contributed by atoms with Crippen molar-refractivity contribution >= 4 is 6.09 Å². The number of hydrogen-bond acceptors (Lipinski definition) is 11. The molecular formula is C35H53NO11. The van der Waals surface area contributed by atoms with Crippen LogP contribution in [-0.2, 0) is 47.4 Å². The van der Waals surface area contributed by atoms with Crippen LogP contribution in [0, 0.1) is 0 Å². The van der Waals surface area contributed by atoms with E-state index in [1.165, 1.54) is 22.3 Å². The third-order valence-electron chi connectivity index (χ3n) is 7.04. The molecule has 0 bridgehead atoms. The van der Waals surface area contributed by atoms with Crippen molar-refractivity contribution in [1.82, 2.24) is 5.32 Å². The molecule has 12 heteroatoms. The lowest BCUT2D eigenvalue weighted by Gasteiger charge is -2.14. The Hall–Kier alpha value is -2.65. The van der Waals surface area contributed by atoms with Crippen LogP contribution < -0.4 is 5.32 Å². The topological polar surface area (TPSA) is 121 Å². The number of benzene rings is 2. The molecule has 2 aromatic rings. The molecule has 1 aliphatic rings. The molecular weight excluding hydrogens is 610 g/mol. The van der Waals surface area contributed by atoms with E-state index in [0.29, 0.717) is 132 Å². The Labute approximate surface area is 279 Å². The highest BCUT2D eigenvalue weighted by Gasteiger charge is 2.28. The minimum atomic E-state index is -0.449. The Morgan fingerprint density at radius 3 is 1.23 bits per heavy atom. The monoisotopic (exact) mass is 663 g/mol. The highest BCUT2D eigenvalue weighted by Crippen LogP contribution is 2.44. The summed E-state index contributed by atoms with van der Waals surface area (Å²) in [6.45, 7) is 11.9. The summed E-state index contributed by atoms with van der Waals surface area (Å²) in [6.07, 6.45) is -0.449.